The third kappa shape index (κ3) is 5.94. The van der Waals surface area contributed by atoms with Gasteiger partial charge in [0.25, 0.3) is 10.0 Å². The van der Waals surface area contributed by atoms with E-state index in [0.717, 1.165) is 72.3 Å². The van der Waals surface area contributed by atoms with Crippen molar-refractivity contribution in [1.29, 1.82) is 0 Å². The summed E-state index contributed by atoms with van der Waals surface area (Å²) in [6.45, 7) is 5.37. The van der Waals surface area contributed by atoms with Gasteiger partial charge in [-0.3, -0.25) is 0 Å². The summed E-state index contributed by atoms with van der Waals surface area (Å²) in [4.78, 5) is 4.66. The number of hydrogen-bond acceptors (Lipinski definition) is 6. The highest BCUT2D eigenvalue weighted by Crippen LogP contribution is 2.34. The molecule has 0 N–H and O–H groups in total. The van der Waals surface area contributed by atoms with E-state index in [9.17, 15) is 21.2 Å². The zero-order valence-corrected chi connectivity index (χ0v) is 27.8. The van der Waals surface area contributed by atoms with Gasteiger partial charge in [0, 0.05) is 35.2 Å². The number of hydrogen-bond donors (Lipinski definition) is 0. The first-order valence-electron chi connectivity index (χ1n) is 15.2. The fourth-order valence-electron chi connectivity index (χ4n) is 6.78. The summed E-state index contributed by atoms with van der Waals surface area (Å²) in [6.07, 6.45) is 4.63. The number of aryl methyl sites for hydroxylation is 1. The van der Waals surface area contributed by atoms with Crippen molar-refractivity contribution < 1.29 is 21.2 Å². The van der Waals surface area contributed by atoms with Crippen LogP contribution in [0.15, 0.2) is 71.6 Å². The monoisotopic (exact) mass is 650 g/mol. The Morgan fingerprint density at radius 1 is 0.689 bits per heavy atom. The van der Waals surface area contributed by atoms with Crippen LogP contribution in [0.3, 0.4) is 0 Å². The van der Waals surface area contributed by atoms with Gasteiger partial charge in [0.2, 0.25) is 10.0 Å². The molecule has 3 aromatic carbocycles. The fourth-order valence-corrected chi connectivity index (χ4v) is 9.52. The van der Waals surface area contributed by atoms with E-state index in [4.69, 9.17) is 0 Å². The maximum absolute atomic E-state index is 13.9. The molecule has 0 aliphatic carbocycles. The van der Waals surface area contributed by atoms with E-state index in [1.165, 1.54) is 27.9 Å². The standard InChI is InChI=1S/C19H19FN2O2S.C15H20N2O2S/c1-21-11-5-8-18-17(13-21)16-12-14(20)9-10-19(16)22(18)25(23,24)15-6-3-2-4-7-15;1-11-6-7-15-12(9-11)13-10-16(2)8-4-5-14(13)17(15)20(3,18)19/h2-4,6-7,9-10,12H,5,8,11,13H2,1H3;6-7,9H,4-5,8,10H2,1-3H3. The molecule has 7 rings (SSSR count). The highest BCUT2D eigenvalue weighted by molar-refractivity contribution is 7.90. The van der Waals surface area contributed by atoms with Crippen molar-refractivity contribution in [1.82, 2.24) is 17.7 Å². The molecule has 2 aliphatic heterocycles. The number of benzene rings is 3. The van der Waals surface area contributed by atoms with E-state index in [0.29, 0.717) is 23.9 Å². The molecule has 0 fully saturated rings. The maximum Gasteiger partial charge on any atom is 0.268 e. The van der Waals surface area contributed by atoms with E-state index in [1.54, 1.807) is 40.4 Å². The molecule has 0 amide bonds. The van der Waals surface area contributed by atoms with Crippen molar-refractivity contribution in [2.45, 2.75) is 50.6 Å². The first kappa shape index (κ1) is 31.5. The van der Waals surface area contributed by atoms with Crippen LogP contribution in [-0.2, 0) is 46.0 Å². The lowest BCUT2D eigenvalue weighted by molar-refractivity contribution is 0.333. The highest BCUT2D eigenvalue weighted by atomic mass is 32.2. The molecule has 11 heteroatoms. The van der Waals surface area contributed by atoms with Crippen LogP contribution in [0, 0.1) is 12.7 Å². The number of halogens is 1. The second-order valence-electron chi connectivity index (χ2n) is 12.3. The molecule has 0 saturated carbocycles. The Hall–Kier alpha value is -3.51. The van der Waals surface area contributed by atoms with Gasteiger partial charge in [-0.1, -0.05) is 29.8 Å². The summed E-state index contributed by atoms with van der Waals surface area (Å²) in [5, 5.41) is 1.77. The van der Waals surface area contributed by atoms with Crippen molar-refractivity contribution in [3.8, 4) is 0 Å². The minimum Gasteiger partial charge on any atom is -0.302 e. The quantitative estimate of drug-likeness (QED) is 0.255. The zero-order chi connectivity index (χ0) is 32.1. The van der Waals surface area contributed by atoms with Crippen LogP contribution in [0.4, 0.5) is 4.39 Å². The molecule has 2 aliphatic rings. The van der Waals surface area contributed by atoms with E-state index < -0.39 is 20.0 Å². The molecular formula is C34H39FN4O4S2. The van der Waals surface area contributed by atoms with E-state index in [2.05, 4.69) is 22.9 Å². The van der Waals surface area contributed by atoms with Crippen LogP contribution < -0.4 is 0 Å². The van der Waals surface area contributed by atoms with Crippen molar-refractivity contribution in [2.75, 3.05) is 33.4 Å². The van der Waals surface area contributed by atoms with Gasteiger partial charge in [0.1, 0.15) is 5.82 Å². The van der Waals surface area contributed by atoms with Crippen molar-refractivity contribution in [3.05, 3.63) is 101 Å². The summed E-state index contributed by atoms with van der Waals surface area (Å²) in [5.74, 6) is -0.351. The lowest BCUT2D eigenvalue weighted by Gasteiger charge is -2.12. The second kappa shape index (κ2) is 12.0. The molecule has 5 aromatic rings. The Morgan fingerprint density at radius 3 is 1.82 bits per heavy atom. The minimum atomic E-state index is -3.73. The Bertz CT molecular complexity index is 2120. The predicted molar refractivity (Wildman–Crippen MR) is 177 cm³/mol. The van der Waals surface area contributed by atoms with Gasteiger partial charge in [-0.2, -0.15) is 0 Å². The molecular weight excluding hydrogens is 612 g/mol. The van der Waals surface area contributed by atoms with E-state index >= 15 is 0 Å². The molecule has 0 spiro atoms. The van der Waals surface area contributed by atoms with Gasteiger partial charge >= 0.3 is 0 Å². The average molecular weight is 651 g/mol. The summed E-state index contributed by atoms with van der Waals surface area (Å²) < 4.78 is 67.9. The lowest BCUT2D eigenvalue weighted by atomic mass is 10.1. The molecule has 0 bridgehead atoms. The van der Waals surface area contributed by atoms with Crippen LogP contribution >= 0.6 is 0 Å². The fraction of sp³-hybridized carbons (Fsp3) is 0.353. The predicted octanol–water partition coefficient (Wildman–Crippen LogP) is 5.53. The smallest absolute Gasteiger partial charge is 0.268 e. The molecule has 8 nitrogen and oxygen atoms in total. The van der Waals surface area contributed by atoms with Crippen LogP contribution in [-0.4, -0.2) is 68.0 Å². The van der Waals surface area contributed by atoms with Gasteiger partial charge in [-0.15, -0.1) is 0 Å². The van der Waals surface area contributed by atoms with Crippen LogP contribution in [0.2, 0.25) is 0 Å². The van der Waals surface area contributed by atoms with E-state index in [1.807, 2.05) is 26.1 Å². The first-order valence-corrected chi connectivity index (χ1v) is 18.5. The minimum absolute atomic E-state index is 0.247. The van der Waals surface area contributed by atoms with Crippen LogP contribution in [0.5, 0.6) is 0 Å². The van der Waals surface area contributed by atoms with E-state index in [-0.39, 0.29) is 10.7 Å². The van der Waals surface area contributed by atoms with Gasteiger partial charge in [-0.25, -0.2) is 29.2 Å². The molecule has 0 saturated heterocycles. The highest BCUT2D eigenvalue weighted by Gasteiger charge is 2.29. The molecule has 0 unspecified atom stereocenters. The number of rotatable bonds is 3. The van der Waals surface area contributed by atoms with Crippen molar-refractivity contribution in [2.24, 2.45) is 0 Å². The van der Waals surface area contributed by atoms with Crippen molar-refractivity contribution in [3.63, 3.8) is 0 Å². The average Bonchev–Trinajstić information content (AvgIpc) is 3.26. The largest absolute Gasteiger partial charge is 0.302 e. The summed E-state index contributed by atoms with van der Waals surface area (Å²) >= 11 is 0. The van der Waals surface area contributed by atoms with Gasteiger partial charge in [-0.05, 0) is 113 Å². The van der Waals surface area contributed by atoms with Crippen LogP contribution in [0.1, 0.15) is 40.9 Å². The van der Waals surface area contributed by atoms with Crippen molar-refractivity contribution >= 4 is 41.9 Å². The number of aromatic nitrogens is 2. The third-order valence-corrected chi connectivity index (χ3v) is 11.6. The van der Waals surface area contributed by atoms with Crippen LogP contribution in [0.25, 0.3) is 21.8 Å². The SMILES string of the molecule is CN1CCCc2c(c3cc(F)ccc3n2S(=O)(=O)c2ccccc2)C1.Cc1ccc2c(c1)c1c(n2S(C)(=O)=O)CCCN(C)C1. The van der Waals surface area contributed by atoms with Gasteiger partial charge in [0.05, 0.1) is 22.2 Å². The number of fused-ring (bicyclic) bond motifs is 6. The molecule has 4 heterocycles. The molecule has 238 valence electrons. The van der Waals surface area contributed by atoms with Gasteiger partial charge < -0.3 is 9.80 Å². The molecule has 0 radical (unpaired) electrons. The normalized spacial score (nSPS) is 16.5. The van der Waals surface area contributed by atoms with Gasteiger partial charge in [0.15, 0.2) is 0 Å². The maximum atomic E-state index is 13.9. The Morgan fingerprint density at radius 2 is 1.22 bits per heavy atom. The Kier molecular flexibility index (Phi) is 8.40. The molecule has 2 aromatic heterocycles. The first-order chi connectivity index (χ1) is 21.4. The molecule has 45 heavy (non-hydrogen) atoms. The zero-order valence-electron chi connectivity index (χ0n) is 26.1. The summed E-state index contributed by atoms with van der Waals surface area (Å²) in [7, 11) is -2.92. The number of nitrogens with zero attached hydrogens (tertiary/aromatic N) is 4. The Balaban J connectivity index is 0.000000163. The lowest BCUT2D eigenvalue weighted by Crippen LogP contribution is -2.17. The molecule has 0 atom stereocenters. The Labute approximate surface area is 264 Å². The summed E-state index contributed by atoms with van der Waals surface area (Å²) in [6, 6.07) is 18.8. The topological polar surface area (TPSA) is 84.6 Å². The summed E-state index contributed by atoms with van der Waals surface area (Å²) in [5.41, 5.74) is 6.36. The second-order valence-corrected chi connectivity index (χ2v) is 15.9. The third-order valence-electron chi connectivity index (χ3n) is 8.76.